The Kier molecular flexibility index (Phi) is 5.30. The molecule has 0 bridgehead atoms. The number of carbonyl (C=O) groups is 1. The summed E-state index contributed by atoms with van der Waals surface area (Å²) in [6, 6.07) is 6.22. The largest absolute Gasteiger partial charge is 0.353 e. The molecule has 5 nitrogen and oxygen atoms in total. The van der Waals surface area contributed by atoms with E-state index in [0.717, 1.165) is 18.4 Å². The lowest BCUT2D eigenvalue weighted by molar-refractivity contribution is -0.384. The van der Waals surface area contributed by atoms with Crippen molar-refractivity contribution in [1.82, 2.24) is 5.32 Å². The molecule has 1 atom stereocenters. The van der Waals surface area contributed by atoms with Gasteiger partial charge in [-0.3, -0.25) is 14.9 Å². The summed E-state index contributed by atoms with van der Waals surface area (Å²) in [5.74, 6) is -0.0511. The van der Waals surface area contributed by atoms with Crippen molar-refractivity contribution < 1.29 is 9.72 Å². The van der Waals surface area contributed by atoms with Crippen LogP contribution in [0.15, 0.2) is 24.3 Å². The summed E-state index contributed by atoms with van der Waals surface area (Å²) < 4.78 is 0. The zero-order chi connectivity index (χ0) is 13.5. The highest BCUT2D eigenvalue weighted by atomic mass is 16.6. The van der Waals surface area contributed by atoms with Crippen molar-refractivity contribution in [2.45, 2.75) is 39.2 Å². The average Bonchev–Trinajstić information content (AvgIpc) is 2.29. The van der Waals surface area contributed by atoms with E-state index in [9.17, 15) is 14.9 Å². The summed E-state index contributed by atoms with van der Waals surface area (Å²) in [6.45, 7) is 4.04. The van der Waals surface area contributed by atoms with Crippen molar-refractivity contribution in [3.63, 3.8) is 0 Å². The Labute approximate surface area is 106 Å². The SMILES string of the molecule is CCCC(C)NC(=O)Cc1ccc([N+](=O)[O-])cc1. The fourth-order valence-electron chi connectivity index (χ4n) is 1.75. The molecule has 0 saturated heterocycles. The first kappa shape index (κ1) is 14.2. The Morgan fingerprint density at radius 2 is 2.00 bits per heavy atom. The van der Waals surface area contributed by atoms with Crippen LogP contribution in [0.1, 0.15) is 32.3 Å². The van der Waals surface area contributed by atoms with Gasteiger partial charge in [-0.15, -0.1) is 0 Å². The molecule has 0 radical (unpaired) electrons. The van der Waals surface area contributed by atoms with Crippen LogP contribution in [-0.2, 0) is 11.2 Å². The predicted molar refractivity (Wildman–Crippen MR) is 69.3 cm³/mol. The van der Waals surface area contributed by atoms with Crippen molar-refractivity contribution >= 4 is 11.6 Å². The van der Waals surface area contributed by atoms with E-state index in [1.807, 2.05) is 6.92 Å². The molecule has 1 amide bonds. The van der Waals surface area contributed by atoms with Crippen LogP contribution in [0.2, 0.25) is 0 Å². The van der Waals surface area contributed by atoms with Gasteiger partial charge in [-0.05, 0) is 18.9 Å². The maximum Gasteiger partial charge on any atom is 0.269 e. The number of nitro groups is 1. The zero-order valence-corrected chi connectivity index (χ0v) is 10.7. The quantitative estimate of drug-likeness (QED) is 0.622. The van der Waals surface area contributed by atoms with Gasteiger partial charge in [-0.25, -0.2) is 0 Å². The van der Waals surface area contributed by atoms with Crippen LogP contribution < -0.4 is 5.32 Å². The van der Waals surface area contributed by atoms with Gasteiger partial charge in [0.25, 0.3) is 5.69 Å². The molecular weight excluding hydrogens is 232 g/mol. The van der Waals surface area contributed by atoms with Crippen LogP contribution in [0.3, 0.4) is 0 Å². The Morgan fingerprint density at radius 1 is 1.39 bits per heavy atom. The van der Waals surface area contributed by atoms with Gasteiger partial charge < -0.3 is 5.32 Å². The lowest BCUT2D eigenvalue weighted by Gasteiger charge is -2.12. The number of hydrogen-bond donors (Lipinski definition) is 1. The lowest BCUT2D eigenvalue weighted by Crippen LogP contribution is -2.33. The number of nitrogens with zero attached hydrogens (tertiary/aromatic N) is 1. The number of nitrogens with one attached hydrogen (secondary N) is 1. The molecule has 0 aliphatic rings. The molecule has 0 saturated carbocycles. The van der Waals surface area contributed by atoms with E-state index < -0.39 is 4.92 Å². The Hall–Kier alpha value is -1.91. The number of carbonyl (C=O) groups excluding carboxylic acids is 1. The minimum atomic E-state index is -0.451. The van der Waals surface area contributed by atoms with E-state index in [2.05, 4.69) is 12.2 Å². The molecule has 1 aromatic rings. The second-order valence-corrected chi connectivity index (χ2v) is 4.36. The minimum absolute atomic E-state index is 0.0403. The van der Waals surface area contributed by atoms with Crippen LogP contribution in [-0.4, -0.2) is 16.9 Å². The topological polar surface area (TPSA) is 72.2 Å². The lowest BCUT2D eigenvalue weighted by atomic mass is 10.1. The maximum absolute atomic E-state index is 11.7. The first-order valence-corrected chi connectivity index (χ1v) is 6.05. The fourth-order valence-corrected chi connectivity index (χ4v) is 1.75. The monoisotopic (exact) mass is 250 g/mol. The molecule has 1 rings (SSSR count). The minimum Gasteiger partial charge on any atom is -0.353 e. The van der Waals surface area contributed by atoms with Gasteiger partial charge in [0.1, 0.15) is 0 Å². The van der Waals surface area contributed by atoms with Gasteiger partial charge in [0.2, 0.25) is 5.91 Å². The Morgan fingerprint density at radius 3 is 2.50 bits per heavy atom. The summed E-state index contributed by atoms with van der Waals surface area (Å²) in [7, 11) is 0. The number of non-ortho nitro benzene ring substituents is 1. The Bertz CT molecular complexity index is 415. The molecule has 1 N–H and O–H groups in total. The second-order valence-electron chi connectivity index (χ2n) is 4.36. The molecule has 0 aliphatic heterocycles. The van der Waals surface area contributed by atoms with Crippen molar-refractivity contribution in [3.8, 4) is 0 Å². The molecule has 0 fully saturated rings. The van der Waals surface area contributed by atoms with Crippen molar-refractivity contribution in [2.24, 2.45) is 0 Å². The number of nitro benzene ring substituents is 1. The second kappa shape index (κ2) is 6.74. The number of rotatable bonds is 6. The third-order valence-electron chi connectivity index (χ3n) is 2.64. The third kappa shape index (κ3) is 4.53. The number of hydrogen-bond acceptors (Lipinski definition) is 3. The number of amides is 1. The third-order valence-corrected chi connectivity index (χ3v) is 2.64. The highest BCUT2D eigenvalue weighted by molar-refractivity contribution is 5.78. The first-order valence-electron chi connectivity index (χ1n) is 6.05. The van der Waals surface area contributed by atoms with Crippen LogP contribution >= 0.6 is 0 Å². The highest BCUT2D eigenvalue weighted by Gasteiger charge is 2.09. The highest BCUT2D eigenvalue weighted by Crippen LogP contribution is 2.12. The summed E-state index contributed by atoms with van der Waals surface area (Å²) in [5.41, 5.74) is 0.820. The van der Waals surface area contributed by atoms with Gasteiger partial charge >= 0.3 is 0 Å². The Balaban J connectivity index is 2.51. The van der Waals surface area contributed by atoms with E-state index in [1.165, 1.54) is 12.1 Å². The smallest absolute Gasteiger partial charge is 0.269 e. The average molecular weight is 250 g/mol. The summed E-state index contributed by atoms with van der Waals surface area (Å²) in [6.07, 6.45) is 2.23. The van der Waals surface area contributed by atoms with Crippen LogP contribution in [0.5, 0.6) is 0 Å². The van der Waals surface area contributed by atoms with E-state index in [1.54, 1.807) is 12.1 Å². The summed E-state index contributed by atoms with van der Waals surface area (Å²) in [4.78, 5) is 21.7. The van der Waals surface area contributed by atoms with E-state index in [4.69, 9.17) is 0 Å². The first-order chi connectivity index (χ1) is 8.52. The molecule has 1 unspecified atom stereocenters. The molecular formula is C13H18N2O3. The summed E-state index contributed by atoms with van der Waals surface area (Å²) >= 11 is 0. The summed E-state index contributed by atoms with van der Waals surface area (Å²) in [5, 5.41) is 13.4. The molecule has 0 spiro atoms. The molecule has 18 heavy (non-hydrogen) atoms. The predicted octanol–water partition coefficient (Wildman–Crippen LogP) is 2.44. The van der Waals surface area contributed by atoms with Gasteiger partial charge in [-0.1, -0.05) is 25.5 Å². The molecule has 0 heterocycles. The number of benzene rings is 1. The molecule has 0 aromatic heterocycles. The van der Waals surface area contributed by atoms with Crippen molar-refractivity contribution in [2.75, 3.05) is 0 Å². The van der Waals surface area contributed by atoms with E-state index in [-0.39, 0.29) is 24.1 Å². The molecule has 1 aromatic carbocycles. The fraction of sp³-hybridized carbons (Fsp3) is 0.462. The molecule has 98 valence electrons. The van der Waals surface area contributed by atoms with Gasteiger partial charge in [-0.2, -0.15) is 0 Å². The normalized spacial score (nSPS) is 11.9. The van der Waals surface area contributed by atoms with Crippen LogP contribution in [0.4, 0.5) is 5.69 Å². The molecule has 5 heteroatoms. The molecule has 0 aliphatic carbocycles. The van der Waals surface area contributed by atoms with Crippen LogP contribution in [0, 0.1) is 10.1 Å². The van der Waals surface area contributed by atoms with Gasteiger partial charge in [0.05, 0.1) is 11.3 Å². The van der Waals surface area contributed by atoms with E-state index >= 15 is 0 Å². The maximum atomic E-state index is 11.7. The van der Waals surface area contributed by atoms with Crippen molar-refractivity contribution in [3.05, 3.63) is 39.9 Å². The standard InChI is InChI=1S/C13H18N2O3/c1-3-4-10(2)14-13(16)9-11-5-7-12(8-6-11)15(17)18/h5-8,10H,3-4,9H2,1-2H3,(H,14,16). The zero-order valence-electron chi connectivity index (χ0n) is 10.7. The van der Waals surface area contributed by atoms with Crippen molar-refractivity contribution in [1.29, 1.82) is 0 Å². The van der Waals surface area contributed by atoms with Gasteiger partial charge in [0.15, 0.2) is 0 Å². The van der Waals surface area contributed by atoms with E-state index in [0.29, 0.717) is 0 Å². The van der Waals surface area contributed by atoms with Gasteiger partial charge in [0, 0.05) is 18.2 Å². The van der Waals surface area contributed by atoms with Crippen LogP contribution in [0.25, 0.3) is 0 Å².